The third-order valence-electron chi connectivity index (χ3n) is 10.0. The third-order valence-corrected chi connectivity index (χ3v) is 10.0. The molecule has 2 heteroatoms. The predicted octanol–water partition coefficient (Wildman–Crippen LogP) is 13.8. The van der Waals surface area contributed by atoms with Crippen LogP contribution in [0.5, 0.6) is 0 Å². The molecule has 0 saturated carbocycles. The number of benzene rings is 9. The number of hydrogen-bond donors (Lipinski definition) is 0. The average Bonchev–Trinajstić information content (AvgIpc) is 3.58. The van der Waals surface area contributed by atoms with Crippen LogP contribution < -0.4 is 4.90 Å². The Balaban J connectivity index is 1.12. The Hall–Kier alpha value is -6.64. The van der Waals surface area contributed by atoms with Crippen molar-refractivity contribution in [3.05, 3.63) is 188 Å². The number of furan rings is 1. The summed E-state index contributed by atoms with van der Waals surface area (Å²) < 4.78 is 6.33. The van der Waals surface area contributed by atoms with Crippen LogP contribution in [-0.4, -0.2) is 0 Å². The van der Waals surface area contributed by atoms with Crippen molar-refractivity contribution < 1.29 is 4.42 Å². The molecule has 50 heavy (non-hydrogen) atoms. The van der Waals surface area contributed by atoms with Crippen molar-refractivity contribution in [3.63, 3.8) is 0 Å². The molecule has 234 valence electrons. The zero-order valence-corrected chi connectivity index (χ0v) is 27.3. The van der Waals surface area contributed by atoms with E-state index in [0.29, 0.717) is 0 Å². The summed E-state index contributed by atoms with van der Waals surface area (Å²) in [5.74, 6) is 0. The lowest BCUT2D eigenvalue weighted by molar-refractivity contribution is 0.669. The highest BCUT2D eigenvalue weighted by molar-refractivity contribution is 6.34. The smallest absolute Gasteiger partial charge is 0.136 e. The van der Waals surface area contributed by atoms with E-state index in [9.17, 15) is 0 Å². The largest absolute Gasteiger partial charge is 0.456 e. The van der Waals surface area contributed by atoms with Crippen molar-refractivity contribution in [2.24, 2.45) is 0 Å². The molecular weight excluding hydrogens is 607 g/mol. The number of hydrogen-bond acceptors (Lipinski definition) is 2. The first kappa shape index (κ1) is 28.4. The second kappa shape index (κ2) is 11.5. The van der Waals surface area contributed by atoms with Crippen molar-refractivity contribution >= 4 is 71.3 Å². The molecule has 0 aliphatic heterocycles. The molecule has 0 aliphatic rings. The molecule has 10 rings (SSSR count). The molecule has 9 aromatic carbocycles. The summed E-state index contributed by atoms with van der Waals surface area (Å²) in [6.07, 6.45) is 0. The topological polar surface area (TPSA) is 16.4 Å². The Morgan fingerprint density at radius 3 is 1.64 bits per heavy atom. The molecule has 1 heterocycles. The Morgan fingerprint density at radius 2 is 0.820 bits per heavy atom. The second-order valence-electron chi connectivity index (χ2n) is 12.9. The van der Waals surface area contributed by atoms with Gasteiger partial charge in [0.15, 0.2) is 0 Å². The van der Waals surface area contributed by atoms with Crippen LogP contribution >= 0.6 is 0 Å². The highest BCUT2D eigenvalue weighted by Crippen LogP contribution is 2.44. The van der Waals surface area contributed by atoms with E-state index in [1.807, 2.05) is 6.07 Å². The minimum atomic E-state index is 0.921. The fraction of sp³-hybridized carbons (Fsp3) is 0. The van der Waals surface area contributed by atoms with Gasteiger partial charge in [0.25, 0.3) is 0 Å². The van der Waals surface area contributed by atoms with Crippen LogP contribution in [0.1, 0.15) is 0 Å². The number of anilines is 3. The summed E-state index contributed by atoms with van der Waals surface area (Å²) in [4.78, 5) is 2.33. The van der Waals surface area contributed by atoms with Crippen LogP contribution in [-0.2, 0) is 0 Å². The molecule has 10 aromatic rings. The minimum Gasteiger partial charge on any atom is -0.456 e. The first-order chi connectivity index (χ1) is 24.8. The van der Waals surface area contributed by atoms with E-state index in [4.69, 9.17) is 4.42 Å². The molecule has 0 fully saturated rings. The van der Waals surface area contributed by atoms with Gasteiger partial charge in [-0.2, -0.15) is 0 Å². The van der Waals surface area contributed by atoms with E-state index in [0.717, 1.165) is 33.6 Å². The van der Waals surface area contributed by atoms with Gasteiger partial charge in [0, 0.05) is 33.2 Å². The fourth-order valence-corrected chi connectivity index (χ4v) is 7.72. The highest BCUT2D eigenvalue weighted by Gasteiger charge is 2.17. The van der Waals surface area contributed by atoms with Crippen molar-refractivity contribution in [1.29, 1.82) is 0 Å². The maximum atomic E-state index is 6.33. The molecular formula is C48H31NO. The van der Waals surface area contributed by atoms with Crippen LogP contribution in [0, 0.1) is 0 Å². The second-order valence-corrected chi connectivity index (χ2v) is 12.9. The maximum absolute atomic E-state index is 6.33. The van der Waals surface area contributed by atoms with Gasteiger partial charge in [0.1, 0.15) is 11.2 Å². The summed E-state index contributed by atoms with van der Waals surface area (Å²) in [5, 5.41) is 9.84. The molecule has 0 radical (unpaired) electrons. The van der Waals surface area contributed by atoms with Gasteiger partial charge in [-0.15, -0.1) is 0 Å². The molecule has 2 nitrogen and oxygen atoms in total. The van der Waals surface area contributed by atoms with Crippen molar-refractivity contribution in [2.45, 2.75) is 0 Å². The van der Waals surface area contributed by atoms with Gasteiger partial charge in [-0.25, -0.2) is 0 Å². The van der Waals surface area contributed by atoms with E-state index in [2.05, 4.69) is 187 Å². The predicted molar refractivity (Wildman–Crippen MR) is 212 cm³/mol. The number of rotatable bonds is 5. The van der Waals surface area contributed by atoms with Crippen LogP contribution in [0.2, 0.25) is 0 Å². The fourth-order valence-electron chi connectivity index (χ4n) is 7.72. The Bertz CT molecular complexity index is 2850. The van der Waals surface area contributed by atoms with E-state index in [1.54, 1.807) is 0 Å². The Kier molecular flexibility index (Phi) is 6.53. The van der Waals surface area contributed by atoms with Crippen molar-refractivity contribution in [3.8, 4) is 22.3 Å². The lowest BCUT2D eigenvalue weighted by Gasteiger charge is -2.26. The number of nitrogens with zero attached hydrogens (tertiary/aromatic N) is 1. The SMILES string of the molecule is c1ccc(-c2cccc(N(c3ccccc3)c3ccc(-c4ccc5c6ccccc6c6c(ccc7oc8ccccc8c76)c5c4)cc3)c2)cc1. The van der Waals surface area contributed by atoms with Crippen LogP contribution in [0.4, 0.5) is 17.1 Å². The normalized spacial score (nSPS) is 11.6. The maximum Gasteiger partial charge on any atom is 0.136 e. The van der Waals surface area contributed by atoms with Gasteiger partial charge in [-0.3, -0.25) is 0 Å². The zero-order chi connectivity index (χ0) is 33.0. The molecule has 0 amide bonds. The van der Waals surface area contributed by atoms with Gasteiger partial charge in [0.2, 0.25) is 0 Å². The monoisotopic (exact) mass is 637 g/mol. The molecule has 0 atom stereocenters. The molecule has 0 saturated heterocycles. The van der Waals surface area contributed by atoms with Crippen LogP contribution in [0.15, 0.2) is 192 Å². The summed E-state index contributed by atoms with van der Waals surface area (Å²) >= 11 is 0. The summed E-state index contributed by atoms with van der Waals surface area (Å²) in [6.45, 7) is 0. The molecule has 0 N–H and O–H groups in total. The first-order valence-electron chi connectivity index (χ1n) is 17.1. The highest BCUT2D eigenvalue weighted by atomic mass is 16.3. The van der Waals surface area contributed by atoms with Crippen molar-refractivity contribution in [2.75, 3.05) is 4.90 Å². The van der Waals surface area contributed by atoms with E-state index in [1.165, 1.54) is 60.0 Å². The van der Waals surface area contributed by atoms with E-state index >= 15 is 0 Å². The van der Waals surface area contributed by atoms with E-state index < -0.39 is 0 Å². The van der Waals surface area contributed by atoms with Crippen LogP contribution in [0.25, 0.3) is 76.5 Å². The van der Waals surface area contributed by atoms with E-state index in [-0.39, 0.29) is 0 Å². The third kappa shape index (κ3) is 4.57. The Morgan fingerprint density at radius 1 is 0.280 bits per heavy atom. The summed E-state index contributed by atoms with van der Waals surface area (Å²) in [5.41, 5.74) is 9.95. The minimum absolute atomic E-state index is 0.921. The average molecular weight is 638 g/mol. The van der Waals surface area contributed by atoms with Gasteiger partial charge >= 0.3 is 0 Å². The lowest BCUT2D eigenvalue weighted by atomic mass is 9.90. The van der Waals surface area contributed by atoms with Gasteiger partial charge in [-0.1, -0.05) is 127 Å². The molecule has 1 aromatic heterocycles. The summed E-state index contributed by atoms with van der Waals surface area (Å²) in [7, 11) is 0. The Labute approximate surface area is 290 Å². The number of para-hydroxylation sites is 2. The van der Waals surface area contributed by atoms with Crippen LogP contribution in [0.3, 0.4) is 0 Å². The standard InChI is InChI=1S/C48H31NO/c1-3-12-32(13-4-1)34-14-11-17-38(30-34)49(36-15-5-2-6-16-36)37-25-22-33(23-26-37)35-24-27-40-39-18-7-8-19-41(39)47-42(44(40)31-35)28-29-46-48(47)43-20-9-10-21-45(43)50-46/h1-31H. The molecule has 0 bridgehead atoms. The molecule has 0 unspecified atom stereocenters. The van der Waals surface area contributed by atoms with Gasteiger partial charge in [-0.05, 0) is 110 Å². The van der Waals surface area contributed by atoms with Gasteiger partial charge < -0.3 is 9.32 Å². The van der Waals surface area contributed by atoms with Crippen molar-refractivity contribution in [1.82, 2.24) is 0 Å². The zero-order valence-electron chi connectivity index (χ0n) is 27.3. The molecule has 0 spiro atoms. The molecule has 0 aliphatic carbocycles. The summed E-state index contributed by atoms with van der Waals surface area (Å²) in [6, 6.07) is 67.4. The quantitative estimate of drug-likeness (QED) is 0.175. The first-order valence-corrected chi connectivity index (χ1v) is 17.1. The van der Waals surface area contributed by atoms with Gasteiger partial charge in [0.05, 0.1) is 0 Å². The number of fused-ring (bicyclic) bond motifs is 10. The lowest BCUT2D eigenvalue weighted by Crippen LogP contribution is -2.09.